The fraction of sp³-hybridized carbons (Fsp3) is 0.385. The van der Waals surface area contributed by atoms with Gasteiger partial charge < -0.3 is 9.84 Å². The van der Waals surface area contributed by atoms with Gasteiger partial charge in [0.2, 0.25) is 0 Å². The average Bonchev–Trinajstić information content (AvgIpc) is 2.20. The minimum absolute atomic E-state index is 0.00543. The number of carboxylic acid groups (broad SMARTS) is 1. The lowest BCUT2D eigenvalue weighted by Crippen LogP contribution is -2.28. The maximum Gasteiger partial charge on any atom is 0.412 e. The van der Waals surface area contributed by atoms with Gasteiger partial charge in [-0.3, -0.25) is 5.32 Å². The number of anilines is 1. The summed E-state index contributed by atoms with van der Waals surface area (Å²) >= 11 is 3.16. The highest BCUT2D eigenvalue weighted by atomic mass is 79.9. The third-order valence-electron chi connectivity index (χ3n) is 2.20. The van der Waals surface area contributed by atoms with Gasteiger partial charge in [0.1, 0.15) is 5.60 Å². The fourth-order valence-corrected chi connectivity index (χ4v) is 1.96. The van der Waals surface area contributed by atoms with Gasteiger partial charge in [0.25, 0.3) is 0 Å². The smallest absolute Gasteiger partial charge is 0.412 e. The molecule has 0 spiro atoms. The first kappa shape index (κ1) is 15.5. The van der Waals surface area contributed by atoms with Gasteiger partial charge in [-0.25, -0.2) is 9.59 Å². The molecule has 0 aliphatic heterocycles. The molecule has 0 fully saturated rings. The lowest BCUT2D eigenvalue weighted by molar-refractivity contribution is 0.0636. The van der Waals surface area contributed by atoms with Crippen molar-refractivity contribution < 1.29 is 19.4 Å². The summed E-state index contributed by atoms with van der Waals surface area (Å²) in [5.41, 5.74) is 0.237. The molecule has 0 radical (unpaired) electrons. The molecular weight excluding hydrogens is 314 g/mol. The molecule has 0 aromatic heterocycles. The molecule has 104 valence electrons. The Morgan fingerprint density at radius 1 is 1.32 bits per heavy atom. The number of benzene rings is 1. The summed E-state index contributed by atoms with van der Waals surface area (Å²) in [5, 5.41) is 11.7. The number of carbonyl (C=O) groups excluding carboxylic acids is 1. The van der Waals surface area contributed by atoms with Crippen LogP contribution in [0, 0.1) is 6.92 Å². The van der Waals surface area contributed by atoms with Crippen molar-refractivity contribution in [3.63, 3.8) is 0 Å². The Balaban J connectivity index is 3.10. The van der Waals surface area contributed by atoms with E-state index in [9.17, 15) is 14.7 Å². The largest absolute Gasteiger partial charge is 0.478 e. The van der Waals surface area contributed by atoms with Crippen LogP contribution >= 0.6 is 15.9 Å². The van der Waals surface area contributed by atoms with E-state index in [2.05, 4.69) is 21.2 Å². The lowest BCUT2D eigenvalue weighted by Gasteiger charge is -2.21. The van der Waals surface area contributed by atoms with E-state index in [1.165, 1.54) is 0 Å². The Morgan fingerprint density at radius 2 is 1.89 bits per heavy atom. The Kier molecular flexibility index (Phi) is 4.57. The van der Waals surface area contributed by atoms with Crippen LogP contribution in [0.3, 0.4) is 0 Å². The molecule has 0 aliphatic rings. The highest BCUT2D eigenvalue weighted by molar-refractivity contribution is 9.10. The van der Waals surface area contributed by atoms with Gasteiger partial charge >= 0.3 is 12.1 Å². The number of carboxylic acids is 1. The number of hydrogen-bond donors (Lipinski definition) is 2. The van der Waals surface area contributed by atoms with Gasteiger partial charge in [-0.15, -0.1) is 0 Å². The average molecular weight is 330 g/mol. The molecule has 2 N–H and O–H groups in total. The van der Waals surface area contributed by atoms with Crippen LogP contribution in [0.15, 0.2) is 16.6 Å². The predicted molar refractivity (Wildman–Crippen MR) is 75.7 cm³/mol. The van der Waals surface area contributed by atoms with E-state index in [1.54, 1.807) is 39.8 Å². The van der Waals surface area contributed by atoms with Crippen LogP contribution in [-0.2, 0) is 4.74 Å². The van der Waals surface area contributed by atoms with Gasteiger partial charge in [-0.1, -0.05) is 6.07 Å². The zero-order chi connectivity index (χ0) is 14.8. The van der Waals surface area contributed by atoms with E-state index >= 15 is 0 Å². The van der Waals surface area contributed by atoms with E-state index in [4.69, 9.17) is 4.74 Å². The van der Waals surface area contributed by atoms with Crippen LogP contribution in [-0.4, -0.2) is 22.8 Å². The third-order valence-corrected chi connectivity index (χ3v) is 2.86. The number of carbonyl (C=O) groups is 2. The van der Waals surface area contributed by atoms with Gasteiger partial charge in [-0.2, -0.15) is 0 Å². The number of aromatic carboxylic acids is 1. The highest BCUT2D eigenvalue weighted by Gasteiger charge is 2.21. The van der Waals surface area contributed by atoms with Gasteiger partial charge in [0, 0.05) is 4.47 Å². The molecular formula is C13H16BrNO4. The van der Waals surface area contributed by atoms with Crippen LogP contribution in [0.4, 0.5) is 10.5 Å². The summed E-state index contributed by atoms with van der Waals surface area (Å²) < 4.78 is 5.51. The molecule has 0 heterocycles. The third kappa shape index (κ3) is 4.24. The predicted octanol–water partition coefficient (Wildman–Crippen LogP) is 3.80. The van der Waals surface area contributed by atoms with Crippen LogP contribution in [0.25, 0.3) is 0 Å². The topological polar surface area (TPSA) is 75.6 Å². The number of nitrogens with one attached hydrogen (secondary N) is 1. The molecule has 1 rings (SSSR count). The molecule has 5 nitrogen and oxygen atoms in total. The number of aryl methyl sites for hydroxylation is 1. The van der Waals surface area contributed by atoms with E-state index in [1.807, 2.05) is 0 Å². The Morgan fingerprint density at radius 3 is 2.37 bits per heavy atom. The van der Waals surface area contributed by atoms with Gasteiger partial charge in [0.15, 0.2) is 0 Å². The number of rotatable bonds is 2. The number of ether oxygens (including phenoxy) is 1. The maximum absolute atomic E-state index is 11.7. The van der Waals surface area contributed by atoms with Crippen molar-refractivity contribution in [3.05, 3.63) is 27.7 Å². The van der Waals surface area contributed by atoms with Crippen molar-refractivity contribution >= 4 is 33.7 Å². The molecule has 0 bridgehead atoms. The fourth-order valence-electron chi connectivity index (χ4n) is 1.46. The second-order valence-electron chi connectivity index (χ2n) is 5.05. The molecule has 1 aromatic carbocycles. The summed E-state index contributed by atoms with van der Waals surface area (Å²) in [6.07, 6.45) is -0.684. The number of halogens is 1. The molecule has 1 aromatic rings. The summed E-state index contributed by atoms with van der Waals surface area (Å²) in [6.45, 7) is 6.92. The van der Waals surface area contributed by atoms with Crippen LogP contribution in [0.5, 0.6) is 0 Å². The minimum atomic E-state index is -1.12. The second kappa shape index (κ2) is 5.61. The maximum atomic E-state index is 11.7. The van der Waals surface area contributed by atoms with Crippen LogP contribution in [0.2, 0.25) is 0 Å². The van der Waals surface area contributed by atoms with Crippen molar-refractivity contribution in [2.45, 2.75) is 33.3 Å². The summed E-state index contributed by atoms with van der Waals surface area (Å²) in [4.78, 5) is 23.0. The number of amides is 1. The van der Waals surface area contributed by atoms with Crippen molar-refractivity contribution in [2.75, 3.05) is 5.32 Å². The van der Waals surface area contributed by atoms with E-state index < -0.39 is 17.7 Å². The molecule has 0 saturated heterocycles. The molecule has 0 atom stereocenters. The Labute approximate surface area is 120 Å². The van der Waals surface area contributed by atoms with E-state index in [-0.39, 0.29) is 11.3 Å². The highest BCUT2D eigenvalue weighted by Crippen LogP contribution is 2.28. The van der Waals surface area contributed by atoms with Crippen molar-refractivity contribution in [3.8, 4) is 0 Å². The van der Waals surface area contributed by atoms with Crippen molar-refractivity contribution in [2.24, 2.45) is 0 Å². The monoisotopic (exact) mass is 329 g/mol. The Hall–Kier alpha value is -1.56. The molecule has 0 saturated carbocycles. The summed E-state index contributed by atoms with van der Waals surface area (Å²) in [6, 6.07) is 3.34. The minimum Gasteiger partial charge on any atom is -0.478 e. The first-order chi connectivity index (χ1) is 8.61. The normalized spacial score (nSPS) is 11.0. The first-order valence-corrected chi connectivity index (χ1v) is 6.43. The van der Waals surface area contributed by atoms with Crippen molar-refractivity contribution in [1.29, 1.82) is 0 Å². The lowest BCUT2D eigenvalue weighted by atomic mass is 10.1. The summed E-state index contributed by atoms with van der Waals surface area (Å²) in [7, 11) is 0. The molecule has 0 unspecified atom stereocenters. The zero-order valence-corrected chi connectivity index (χ0v) is 12.8. The SMILES string of the molecule is Cc1ccc(Br)c(C(=O)O)c1NC(=O)OC(C)(C)C. The molecule has 19 heavy (non-hydrogen) atoms. The molecule has 0 aliphatic carbocycles. The zero-order valence-electron chi connectivity index (χ0n) is 11.2. The van der Waals surface area contributed by atoms with Gasteiger partial charge in [0.05, 0.1) is 11.3 Å². The first-order valence-electron chi connectivity index (χ1n) is 5.64. The quantitative estimate of drug-likeness (QED) is 0.865. The van der Waals surface area contributed by atoms with E-state index in [0.29, 0.717) is 10.0 Å². The van der Waals surface area contributed by atoms with Gasteiger partial charge in [-0.05, 0) is 55.3 Å². The van der Waals surface area contributed by atoms with E-state index in [0.717, 1.165) is 0 Å². The molecule has 1 amide bonds. The molecule has 6 heteroatoms. The number of hydrogen-bond acceptors (Lipinski definition) is 3. The van der Waals surface area contributed by atoms with Crippen LogP contribution < -0.4 is 5.32 Å². The summed E-state index contributed by atoms with van der Waals surface area (Å²) in [5.74, 6) is -1.12. The Bertz CT molecular complexity index is 520. The standard InChI is InChI=1S/C13H16BrNO4/c1-7-5-6-8(14)9(11(16)17)10(7)15-12(18)19-13(2,3)4/h5-6H,1-4H3,(H,15,18)(H,16,17). The van der Waals surface area contributed by atoms with Crippen LogP contribution in [0.1, 0.15) is 36.7 Å². The second-order valence-corrected chi connectivity index (χ2v) is 5.90. The van der Waals surface area contributed by atoms with Crippen molar-refractivity contribution in [1.82, 2.24) is 0 Å².